The van der Waals surface area contributed by atoms with Crippen LogP contribution in [0.15, 0.2) is 410 Å². The molecule has 0 fully saturated rings. The van der Waals surface area contributed by atoms with Gasteiger partial charge in [-0.1, -0.05) is 249 Å². The Hall–Kier alpha value is -15.1. The summed E-state index contributed by atoms with van der Waals surface area (Å²) >= 11 is 0. The Kier molecular flexibility index (Phi) is 14.6. The van der Waals surface area contributed by atoms with Gasteiger partial charge in [0, 0.05) is 48.0 Å². The Morgan fingerprint density at radius 3 is 0.939 bits per heavy atom. The molecule has 22 aromatic rings. The van der Waals surface area contributed by atoms with Crippen molar-refractivity contribution in [3.05, 3.63) is 446 Å². The van der Waals surface area contributed by atoms with E-state index in [4.69, 9.17) is 18.8 Å². The molecule has 0 radical (unpaired) electrons. The Bertz CT molecular complexity index is 7060. The maximum Gasteiger partial charge on any atom is 0.232 e. The predicted octanol–water partition coefficient (Wildman–Crippen LogP) is 26.3. The molecule has 8 heteroatoms. The van der Waals surface area contributed by atoms with Crippen molar-refractivity contribution in [2.24, 2.45) is 0 Å². The van der Waals surface area contributed by atoms with E-state index in [-0.39, 0.29) is 0 Å². The van der Waals surface area contributed by atoms with Gasteiger partial charge in [-0.2, -0.15) is 0 Å². The van der Waals surface area contributed by atoms with Crippen molar-refractivity contribution in [1.29, 1.82) is 0 Å². The maximum absolute atomic E-state index is 6.25. The summed E-state index contributed by atoms with van der Waals surface area (Å²) in [5, 5.41) is 6.84. The molecule has 0 saturated heterocycles. The van der Waals surface area contributed by atoms with Crippen molar-refractivity contribution in [2.75, 3.05) is 0 Å². The summed E-state index contributed by atoms with van der Waals surface area (Å²) in [6, 6.07) is 132. The largest absolute Gasteiger partial charge is 0.437 e. The third kappa shape index (κ3) is 10.1. The molecule has 24 rings (SSSR count). The van der Waals surface area contributed by atoms with E-state index in [2.05, 4.69) is 353 Å². The van der Waals surface area contributed by atoms with Crippen LogP contribution < -0.4 is 0 Å². The summed E-state index contributed by atoms with van der Waals surface area (Å²) in [5.41, 5.74) is 34.8. The lowest BCUT2D eigenvalue weighted by Crippen LogP contribution is -2.28. The lowest BCUT2D eigenvalue weighted by atomic mass is 9.67. The van der Waals surface area contributed by atoms with Crippen LogP contribution in [0.2, 0.25) is 0 Å². The molecule has 8 aromatic heterocycles. The van der Waals surface area contributed by atoms with Crippen LogP contribution in [-0.4, -0.2) is 28.7 Å². The lowest BCUT2D eigenvalue weighted by molar-refractivity contribution is 0.649. The highest BCUT2D eigenvalue weighted by Gasteiger charge is 2.48. The van der Waals surface area contributed by atoms with Crippen molar-refractivity contribution < 1.29 is 8.83 Å². The molecule has 0 aliphatic heterocycles. The van der Waals surface area contributed by atoms with Crippen LogP contribution in [0.1, 0.15) is 44.5 Å². The first-order valence-electron chi connectivity index (χ1n) is 38.7. The maximum atomic E-state index is 6.25. The number of benzene rings is 14. The van der Waals surface area contributed by atoms with Crippen LogP contribution >= 0.6 is 0 Å². The zero-order valence-electron chi connectivity index (χ0n) is 61.6. The zero-order chi connectivity index (χ0) is 75.0. The van der Waals surface area contributed by atoms with Crippen LogP contribution in [0.3, 0.4) is 0 Å². The van der Waals surface area contributed by atoms with Gasteiger partial charge in [-0.15, -0.1) is 0 Å². The number of hydrogen-bond acceptors (Lipinski definition) is 6. The molecule has 8 nitrogen and oxygen atoms in total. The average Bonchev–Trinajstić information content (AvgIpc) is 1.53. The van der Waals surface area contributed by atoms with Gasteiger partial charge in [0.25, 0.3) is 0 Å². The molecule has 114 heavy (non-hydrogen) atoms. The summed E-state index contributed by atoms with van der Waals surface area (Å²) < 4.78 is 16.6. The van der Waals surface area contributed by atoms with Gasteiger partial charge in [0.15, 0.2) is 0 Å². The molecule has 2 aliphatic rings. The van der Waals surface area contributed by atoms with E-state index in [0.29, 0.717) is 0 Å². The normalized spacial score (nSPS) is 13.1. The second-order valence-corrected chi connectivity index (χ2v) is 30.1. The van der Waals surface area contributed by atoms with Crippen molar-refractivity contribution >= 4 is 77.2 Å². The van der Waals surface area contributed by atoms with Gasteiger partial charge in [-0.05, 0) is 270 Å². The van der Waals surface area contributed by atoms with Crippen LogP contribution in [0.25, 0.3) is 166 Å². The third-order valence-electron chi connectivity index (χ3n) is 24.0. The van der Waals surface area contributed by atoms with Crippen LogP contribution in [0.5, 0.6) is 0 Å². The molecule has 0 atom stereocenters. The van der Waals surface area contributed by atoms with Crippen molar-refractivity contribution in [3.8, 4) is 89.0 Å². The topological polar surface area (TPSA) is 86.7 Å². The van der Waals surface area contributed by atoms with E-state index in [9.17, 15) is 0 Å². The molecule has 0 unspecified atom stereocenters. The molecule has 2 aliphatic carbocycles. The van der Waals surface area contributed by atoms with Gasteiger partial charge >= 0.3 is 0 Å². The SMILES string of the molecule is c1ccc(C2(c3ccccc3)c3cc(-c4cccnc4)ccc3-c3ccc(-c4ccc5cc(-c6ccc7nc8c9ccccc9oc8n7c6)ccc5c4)cc32)cc1.c1ccc(C2(c3ccccc3)c3cc(-c4ccncc4)ccc3-c3ccc(-c4ccc5cc(-c6ccc7nc8c9ccccc9oc8n7c6)ccc5c4)cc32)cc1. The summed E-state index contributed by atoms with van der Waals surface area (Å²) in [4.78, 5) is 18.5. The third-order valence-corrected chi connectivity index (χ3v) is 24.0. The number of rotatable bonds is 10. The van der Waals surface area contributed by atoms with Gasteiger partial charge in [0.05, 0.1) is 10.8 Å². The number of fused-ring (bicyclic) bond motifs is 18. The first-order valence-corrected chi connectivity index (χ1v) is 38.7. The molecule has 532 valence electrons. The molecule has 0 N–H and O–H groups in total. The number of para-hydroxylation sites is 2. The van der Waals surface area contributed by atoms with Gasteiger partial charge in [0.2, 0.25) is 11.4 Å². The highest BCUT2D eigenvalue weighted by Crippen LogP contribution is 2.60. The Balaban J connectivity index is 0.000000135. The first kappa shape index (κ1) is 64.8. The quantitative estimate of drug-likeness (QED) is 0.136. The molecule has 14 aromatic carbocycles. The monoisotopic (exact) mass is 1450 g/mol. The highest BCUT2D eigenvalue weighted by molar-refractivity contribution is 6.05. The summed E-state index contributed by atoms with van der Waals surface area (Å²) in [6.45, 7) is 0. The van der Waals surface area contributed by atoms with Crippen LogP contribution in [0.4, 0.5) is 0 Å². The molecule has 0 amide bonds. The van der Waals surface area contributed by atoms with Gasteiger partial charge < -0.3 is 8.83 Å². The summed E-state index contributed by atoms with van der Waals surface area (Å²) in [5.74, 6) is 0. The van der Waals surface area contributed by atoms with Crippen molar-refractivity contribution in [2.45, 2.75) is 10.8 Å². The van der Waals surface area contributed by atoms with E-state index in [1.165, 1.54) is 116 Å². The standard InChI is InChI=1S/2C53H33N3O/c1-3-11-42(12-4-1)53(43-13-5-2-6-14-43)47-30-38(21-24-44(47)45-25-22-39(31-48(45)53)40-10-9-27-54-32-40)36-18-17-35-29-37(20-19-34(35)28-36)41-23-26-50-55-51-46-15-7-8-16-49(46)57-52(51)56(50)33-41;1-3-9-42(10-4-1)53(43-11-5-2-6-12-43)47-31-39(34-25-27-54-28-26-34)19-22-44(47)45-23-20-40(32-48(45)53)37-16-15-36-30-38(18-17-35(36)29-37)41-21-24-50-55-51-46-13-7-8-14-49(46)57-52(51)56(50)33-41/h2*1-33H. The van der Waals surface area contributed by atoms with Gasteiger partial charge in [0.1, 0.15) is 33.5 Å². The average molecular weight is 1460 g/mol. The molecule has 0 saturated carbocycles. The number of hydrogen-bond donors (Lipinski definition) is 0. The van der Waals surface area contributed by atoms with E-state index in [1.54, 1.807) is 0 Å². The second-order valence-electron chi connectivity index (χ2n) is 30.1. The zero-order valence-corrected chi connectivity index (χ0v) is 61.6. The van der Waals surface area contributed by atoms with E-state index in [1.807, 2.05) is 67.3 Å². The van der Waals surface area contributed by atoms with E-state index >= 15 is 0 Å². The number of pyridine rings is 4. The summed E-state index contributed by atoms with van der Waals surface area (Å²) in [7, 11) is 0. The fourth-order valence-corrected chi connectivity index (χ4v) is 18.6. The Labute approximate surface area is 656 Å². The van der Waals surface area contributed by atoms with Gasteiger partial charge in [-0.25, -0.2) is 9.97 Å². The molecule has 0 spiro atoms. The fraction of sp³-hybridized carbons (Fsp3) is 0.0189. The number of furan rings is 2. The van der Waals surface area contributed by atoms with Crippen molar-refractivity contribution in [3.63, 3.8) is 0 Å². The first-order chi connectivity index (χ1) is 56.4. The number of nitrogens with zero attached hydrogens (tertiary/aromatic N) is 6. The minimum atomic E-state index is -0.516. The lowest BCUT2D eigenvalue weighted by Gasteiger charge is -2.34. The van der Waals surface area contributed by atoms with Gasteiger partial charge in [-0.3, -0.25) is 18.8 Å². The number of imidazole rings is 2. The van der Waals surface area contributed by atoms with Crippen LogP contribution in [-0.2, 0) is 10.8 Å². The van der Waals surface area contributed by atoms with Crippen molar-refractivity contribution in [1.82, 2.24) is 28.7 Å². The molecular formula is C106H66N6O2. The highest BCUT2D eigenvalue weighted by atomic mass is 16.3. The predicted molar refractivity (Wildman–Crippen MR) is 463 cm³/mol. The fourth-order valence-electron chi connectivity index (χ4n) is 18.6. The minimum Gasteiger partial charge on any atom is -0.437 e. The minimum absolute atomic E-state index is 0.512. The second kappa shape index (κ2) is 25.8. The number of aromatic nitrogens is 6. The smallest absolute Gasteiger partial charge is 0.232 e. The van der Waals surface area contributed by atoms with E-state index < -0.39 is 10.8 Å². The molecule has 8 heterocycles. The molecule has 0 bridgehead atoms. The molecular weight excluding hydrogens is 1390 g/mol. The Morgan fingerprint density at radius 2 is 0.561 bits per heavy atom. The Morgan fingerprint density at radius 1 is 0.237 bits per heavy atom. The summed E-state index contributed by atoms with van der Waals surface area (Å²) in [6.07, 6.45) is 11.8. The van der Waals surface area contributed by atoms with Crippen LogP contribution in [0, 0.1) is 0 Å². The van der Waals surface area contributed by atoms with E-state index in [0.717, 1.165) is 94.6 Å².